The fourth-order valence-electron chi connectivity index (χ4n) is 7.88. The number of rotatable bonds is 9. The van der Waals surface area contributed by atoms with E-state index in [0.29, 0.717) is 37.0 Å². The van der Waals surface area contributed by atoms with E-state index in [2.05, 4.69) is 24.1 Å². The third-order valence-corrected chi connectivity index (χ3v) is 11.9. The van der Waals surface area contributed by atoms with Crippen molar-refractivity contribution >= 4 is 35.0 Å². The summed E-state index contributed by atoms with van der Waals surface area (Å²) < 4.78 is 34.2. The molecular formula is C33H47F2N5O5S. The fourth-order valence-corrected chi connectivity index (χ4v) is 8.47. The van der Waals surface area contributed by atoms with E-state index in [1.54, 1.807) is 22.2 Å². The number of halogens is 2. The first-order valence-corrected chi connectivity index (χ1v) is 17.7. The largest absolute Gasteiger partial charge is 0.376 e. The van der Waals surface area contributed by atoms with Crippen molar-refractivity contribution in [2.45, 2.75) is 90.2 Å². The van der Waals surface area contributed by atoms with Gasteiger partial charge in [-0.3, -0.25) is 24.2 Å². The van der Waals surface area contributed by atoms with Gasteiger partial charge in [-0.15, -0.1) is 11.3 Å². The molecule has 2 aliphatic carbocycles. The molecule has 4 atom stereocenters. The van der Waals surface area contributed by atoms with Gasteiger partial charge in [-0.25, -0.2) is 8.78 Å². The molecule has 0 bridgehead atoms. The van der Waals surface area contributed by atoms with E-state index >= 15 is 0 Å². The number of likely N-dealkylation sites (tertiary alicyclic amines) is 3. The first kappa shape index (κ1) is 33.2. The molecule has 3 saturated heterocycles. The highest BCUT2D eigenvalue weighted by molar-refractivity contribution is 7.11. The first-order chi connectivity index (χ1) is 21.8. The molecule has 5 fully saturated rings. The minimum absolute atomic E-state index is 0.0276. The molecule has 1 spiro atoms. The molecule has 46 heavy (non-hydrogen) atoms. The first-order valence-electron chi connectivity index (χ1n) is 16.8. The van der Waals surface area contributed by atoms with Gasteiger partial charge in [0, 0.05) is 70.0 Å². The van der Waals surface area contributed by atoms with Crippen LogP contribution in [-0.2, 0) is 19.1 Å². The van der Waals surface area contributed by atoms with E-state index in [0.717, 1.165) is 32.1 Å². The van der Waals surface area contributed by atoms with Crippen LogP contribution in [0.15, 0.2) is 11.7 Å². The highest BCUT2D eigenvalue weighted by Crippen LogP contribution is 2.54. The summed E-state index contributed by atoms with van der Waals surface area (Å²) in [5.41, 5.74) is 0.915. The summed E-state index contributed by atoms with van der Waals surface area (Å²) in [4.78, 5) is 64.1. The lowest BCUT2D eigenvalue weighted by atomic mass is 9.70. The molecular weight excluding hydrogens is 616 g/mol. The Morgan fingerprint density at radius 1 is 1.02 bits per heavy atom. The van der Waals surface area contributed by atoms with E-state index < -0.39 is 48.2 Å². The van der Waals surface area contributed by atoms with Gasteiger partial charge >= 0.3 is 0 Å². The maximum Gasteiger partial charge on any atom is 0.265 e. The van der Waals surface area contributed by atoms with Crippen molar-refractivity contribution in [3.8, 4) is 0 Å². The number of piperidine rings is 1. The van der Waals surface area contributed by atoms with Gasteiger partial charge in [0.25, 0.3) is 11.8 Å². The van der Waals surface area contributed by atoms with E-state index in [1.807, 2.05) is 0 Å². The second-order valence-electron chi connectivity index (χ2n) is 15.1. The van der Waals surface area contributed by atoms with Gasteiger partial charge in [-0.2, -0.15) is 0 Å². The van der Waals surface area contributed by atoms with E-state index in [4.69, 9.17) is 4.74 Å². The van der Waals surface area contributed by atoms with Gasteiger partial charge in [0.1, 0.15) is 10.9 Å². The number of nitrogens with one attached hydrogen (secondary N) is 1. The number of hydrogen-bond donors (Lipinski definition) is 1. The third kappa shape index (κ3) is 6.81. The Morgan fingerprint density at radius 3 is 2.28 bits per heavy atom. The Morgan fingerprint density at radius 2 is 1.67 bits per heavy atom. The van der Waals surface area contributed by atoms with Crippen LogP contribution in [0.4, 0.5) is 8.78 Å². The van der Waals surface area contributed by atoms with Crippen LogP contribution in [0.3, 0.4) is 0 Å². The van der Waals surface area contributed by atoms with Gasteiger partial charge in [0.15, 0.2) is 0 Å². The zero-order valence-corrected chi connectivity index (χ0v) is 28.0. The molecule has 1 aromatic rings. The van der Waals surface area contributed by atoms with Crippen LogP contribution in [0.1, 0.15) is 81.8 Å². The standard InChI is InChI=1S/C33H47F2N5O5S/c1-21(45-16-22-7-5-4-6-8-22)26(30(44)38-11-9-33(34,35)10-12-38)37-27(41)24-15-39(29(43)25-14-36-20-46-25)17-32(24)18-40(19-32)28(42)23-13-31(23,2)3/h14,20-24,26H,4-13,15-19H2,1-3H3,(H,37,41)/t21-,23-,24+,26+/m1/s1. The lowest BCUT2D eigenvalue weighted by Crippen LogP contribution is -2.65. The molecule has 1 aromatic heterocycles. The zero-order chi connectivity index (χ0) is 32.9. The average molecular weight is 664 g/mol. The molecule has 0 radical (unpaired) electrons. The number of ether oxygens (including phenoxy) is 1. The Kier molecular flexibility index (Phi) is 9.21. The predicted octanol–water partition coefficient (Wildman–Crippen LogP) is 3.82. The Balaban J connectivity index is 1.19. The molecule has 2 saturated carbocycles. The number of carbonyl (C=O) groups is 4. The number of alkyl halides is 2. The fraction of sp³-hybridized carbons (Fsp3) is 0.788. The second-order valence-corrected chi connectivity index (χ2v) is 16.0. The summed E-state index contributed by atoms with van der Waals surface area (Å²) in [5.74, 6) is -4.06. The van der Waals surface area contributed by atoms with Gasteiger partial charge in [0.2, 0.25) is 17.7 Å². The van der Waals surface area contributed by atoms with Crippen LogP contribution in [-0.4, -0.2) is 107 Å². The molecule has 3 aliphatic heterocycles. The quantitative estimate of drug-likeness (QED) is 0.430. The zero-order valence-electron chi connectivity index (χ0n) is 27.1. The summed E-state index contributed by atoms with van der Waals surface area (Å²) in [5, 5.41) is 2.98. The average Bonchev–Trinajstić information content (AvgIpc) is 3.38. The number of hydrogen-bond acceptors (Lipinski definition) is 7. The summed E-state index contributed by atoms with van der Waals surface area (Å²) >= 11 is 1.23. The lowest BCUT2D eigenvalue weighted by molar-refractivity contribution is -0.153. The number of aromatic nitrogens is 1. The summed E-state index contributed by atoms with van der Waals surface area (Å²) in [7, 11) is 0. The van der Waals surface area contributed by atoms with E-state index in [1.165, 1.54) is 28.9 Å². The Bertz CT molecular complexity index is 1300. The van der Waals surface area contributed by atoms with Crippen molar-refractivity contribution in [3.05, 3.63) is 16.6 Å². The van der Waals surface area contributed by atoms with Gasteiger partial charge < -0.3 is 24.8 Å². The van der Waals surface area contributed by atoms with Crippen LogP contribution in [0.2, 0.25) is 0 Å². The molecule has 5 aliphatic rings. The van der Waals surface area contributed by atoms with Crippen molar-refractivity contribution in [3.63, 3.8) is 0 Å². The molecule has 4 heterocycles. The monoisotopic (exact) mass is 663 g/mol. The molecule has 0 unspecified atom stereocenters. The molecule has 13 heteroatoms. The molecule has 4 amide bonds. The van der Waals surface area contributed by atoms with Gasteiger partial charge in [-0.1, -0.05) is 33.1 Å². The van der Waals surface area contributed by atoms with Crippen LogP contribution < -0.4 is 5.32 Å². The topological polar surface area (TPSA) is 112 Å². The number of nitrogens with zero attached hydrogens (tertiary/aromatic N) is 4. The van der Waals surface area contributed by atoms with Crippen LogP contribution in [0, 0.1) is 28.6 Å². The van der Waals surface area contributed by atoms with Crippen LogP contribution in [0.25, 0.3) is 0 Å². The molecule has 0 aromatic carbocycles. The smallest absolute Gasteiger partial charge is 0.265 e. The van der Waals surface area contributed by atoms with Crippen LogP contribution in [0.5, 0.6) is 0 Å². The minimum atomic E-state index is -2.81. The highest BCUT2D eigenvalue weighted by Gasteiger charge is 2.62. The van der Waals surface area contributed by atoms with Gasteiger partial charge in [-0.05, 0) is 37.5 Å². The van der Waals surface area contributed by atoms with Crippen LogP contribution >= 0.6 is 11.3 Å². The van der Waals surface area contributed by atoms with Crippen molar-refractivity contribution < 1.29 is 32.7 Å². The second kappa shape index (κ2) is 12.7. The Labute approximate surface area is 273 Å². The van der Waals surface area contributed by atoms with Crippen molar-refractivity contribution in [1.82, 2.24) is 25.0 Å². The van der Waals surface area contributed by atoms with Crippen molar-refractivity contribution in [1.29, 1.82) is 0 Å². The highest BCUT2D eigenvalue weighted by atomic mass is 32.1. The van der Waals surface area contributed by atoms with E-state index in [-0.39, 0.29) is 48.7 Å². The summed E-state index contributed by atoms with van der Waals surface area (Å²) in [6.45, 7) is 7.37. The molecule has 10 nitrogen and oxygen atoms in total. The minimum Gasteiger partial charge on any atom is -0.376 e. The van der Waals surface area contributed by atoms with Gasteiger partial charge in [0.05, 0.1) is 23.7 Å². The van der Waals surface area contributed by atoms with Crippen molar-refractivity contribution in [2.75, 3.05) is 45.9 Å². The molecule has 254 valence electrons. The predicted molar refractivity (Wildman–Crippen MR) is 167 cm³/mol. The molecule has 1 N–H and O–H groups in total. The number of thiazole rings is 1. The normalized spacial score (nSPS) is 28.0. The lowest BCUT2D eigenvalue weighted by Gasteiger charge is -2.50. The van der Waals surface area contributed by atoms with Crippen molar-refractivity contribution in [2.24, 2.45) is 28.6 Å². The van der Waals surface area contributed by atoms with E-state index in [9.17, 15) is 28.0 Å². The number of amides is 4. The maximum absolute atomic E-state index is 14.2. The summed E-state index contributed by atoms with van der Waals surface area (Å²) in [6, 6.07) is -1.06. The number of carbonyl (C=O) groups excluding carboxylic acids is 4. The Hall–Kier alpha value is -2.67. The third-order valence-electron chi connectivity index (χ3n) is 11.2. The SMILES string of the molecule is C[C@@H](OCC1CCCCC1)[C@H](NC(=O)[C@@H]1CN(C(=O)c2cncs2)CC12CN(C(=O)[C@H]1CC1(C)C)C2)C(=O)N1CCC(F)(F)CC1. The maximum atomic E-state index is 14.2. The molecule has 6 rings (SSSR count). The summed E-state index contributed by atoms with van der Waals surface area (Å²) in [6.07, 6.45) is 6.43.